The predicted molar refractivity (Wildman–Crippen MR) is 70.6 cm³/mol. The lowest BCUT2D eigenvalue weighted by atomic mass is 10.1. The van der Waals surface area contributed by atoms with E-state index in [1.807, 2.05) is 0 Å². The van der Waals surface area contributed by atoms with E-state index in [2.05, 4.69) is 10.0 Å². The molecule has 6 nitrogen and oxygen atoms in total. The predicted octanol–water partition coefficient (Wildman–Crippen LogP) is 0.216. The van der Waals surface area contributed by atoms with Crippen molar-refractivity contribution in [3.8, 4) is 0 Å². The molecule has 0 unspecified atom stereocenters. The summed E-state index contributed by atoms with van der Waals surface area (Å²) in [7, 11) is -3.49. The molecule has 1 aromatic rings. The van der Waals surface area contributed by atoms with Gasteiger partial charge in [0.05, 0.1) is 17.0 Å². The highest BCUT2D eigenvalue weighted by atomic mass is 32.2. The van der Waals surface area contributed by atoms with Gasteiger partial charge >= 0.3 is 0 Å². The van der Waals surface area contributed by atoms with E-state index in [-0.39, 0.29) is 18.8 Å². The molecule has 0 radical (unpaired) electrons. The number of carbonyl (C=O) groups is 1. The lowest BCUT2D eigenvalue weighted by Crippen LogP contribution is -2.34. The van der Waals surface area contributed by atoms with Gasteiger partial charge in [-0.25, -0.2) is 21.9 Å². The van der Waals surface area contributed by atoms with Crippen LogP contribution in [-0.2, 0) is 10.0 Å². The van der Waals surface area contributed by atoms with E-state index in [1.165, 1.54) is 0 Å². The van der Waals surface area contributed by atoms with Crippen LogP contribution in [0.4, 0.5) is 14.5 Å². The normalized spacial score (nSPS) is 11.3. The van der Waals surface area contributed by atoms with Crippen molar-refractivity contribution in [3.63, 3.8) is 0 Å². The quantitative estimate of drug-likeness (QED) is 0.654. The number of benzene rings is 1. The molecule has 112 valence electrons. The van der Waals surface area contributed by atoms with Crippen LogP contribution >= 0.6 is 0 Å². The Labute approximate surface area is 115 Å². The second kappa shape index (κ2) is 6.62. The van der Waals surface area contributed by atoms with Gasteiger partial charge in [0.2, 0.25) is 10.0 Å². The Morgan fingerprint density at radius 1 is 1.35 bits per heavy atom. The van der Waals surface area contributed by atoms with Crippen LogP contribution < -0.4 is 15.8 Å². The third kappa shape index (κ3) is 4.42. The van der Waals surface area contributed by atoms with Gasteiger partial charge in [0.25, 0.3) is 5.91 Å². The number of rotatable bonds is 6. The van der Waals surface area contributed by atoms with Crippen molar-refractivity contribution in [2.75, 3.05) is 24.6 Å². The van der Waals surface area contributed by atoms with Crippen LogP contribution in [0.1, 0.15) is 17.3 Å². The summed E-state index contributed by atoms with van der Waals surface area (Å²) >= 11 is 0. The second-order valence-corrected chi connectivity index (χ2v) is 5.86. The number of nitrogen functional groups attached to an aromatic ring is 1. The Bertz CT molecular complexity index is 605. The summed E-state index contributed by atoms with van der Waals surface area (Å²) < 4.78 is 51.4. The van der Waals surface area contributed by atoms with Crippen molar-refractivity contribution in [2.24, 2.45) is 0 Å². The highest BCUT2D eigenvalue weighted by Crippen LogP contribution is 2.17. The molecule has 0 spiro atoms. The number of halogens is 2. The maximum absolute atomic E-state index is 13.5. The Morgan fingerprint density at radius 2 is 2.00 bits per heavy atom. The molecule has 0 aliphatic rings. The number of hydrogen-bond acceptors (Lipinski definition) is 4. The molecule has 0 fully saturated rings. The lowest BCUT2D eigenvalue weighted by molar-refractivity contribution is 0.0951. The summed E-state index contributed by atoms with van der Waals surface area (Å²) in [6.07, 6.45) is 0. The van der Waals surface area contributed by atoms with E-state index >= 15 is 0 Å². The molecule has 20 heavy (non-hydrogen) atoms. The van der Waals surface area contributed by atoms with Gasteiger partial charge in [0.1, 0.15) is 5.82 Å². The number of anilines is 1. The van der Waals surface area contributed by atoms with E-state index in [4.69, 9.17) is 5.73 Å². The second-order valence-electron chi connectivity index (χ2n) is 3.93. The molecule has 0 aromatic heterocycles. The number of nitrogens with one attached hydrogen (secondary N) is 2. The Balaban J connectivity index is 2.69. The topological polar surface area (TPSA) is 101 Å². The van der Waals surface area contributed by atoms with Crippen molar-refractivity contribution in [2.45, 2.75) is 6.92 Å². The zero-order valence-electron chi connectivity index (χ0n) is 10.7. The monoisotopic (exact) mass is 307 g/mol. The van der Waals surface area contributed by atoms with Gasteiger partial charge in [-0.2, -0.15) is 0 Å². The van der Waals surface area contributed by atoms with Gasteiger partial charge in [0, 0.05) is 13.1 Å². The summed E-state index contributed by atoms with van der Waals surface area (Å²) in [5.74, 6) is -3.19. The minimum absolute atomic E-state index is 0.228. The number of hydrogen-bond donors (Lipinski definition) is 3. The lowest BCUT2D eigenvalue weighted by Gasteiger charge is -2.08. The van der Waals surface area contributed by atoms with E-state index in [0.717, 1.165) is 6.07 Å². The van der Waals surface area contributed by atoms with Crippen LogP contribution in [0, 0.1) is 11.6 Å². The molecule has 0 bridgehead atoms. The standard InChI is InChI=1S/C11H15F2N3O3S/c1-2-16-20(18,19)4-3-15-11(17)8-5-7(12)6-9(14)10(8)13/h5-6,16H,2-4,14H2,1H3,(H,15,17). The molecular weight excluding hydrogens is 292 g/mol. The first kappa shape index (κ1) is 16.3. The van der Waals surface area contributed by atoms with Crippen LogP contribution in [0.3, 0.4) is 0 Å². The molecule has 0 aliphatic carbocycles. The molecule has 0 aliphatic heterocycles. The zero-order valence-corrected chi connectivity index (χ0v) is 11.6. The highest BCUT2D eigenvalue weighted by Gasteiger charge is 2.16. The fraction of sp³-hybridized carbons (Fsp3) is 0.364. The van der Waals surface area contributed by atoms with Crippen LogP contribution in [0.2, 0.25) is 0 Å². The molecule has 0 saturated heterocycles. The number of carbonyl (C=O) groups excluding carboxylic acids is 1. The molecule has 4 N–H and O–H groups in total. The fourth-order valence-electron chi connectivity index (χ4n) is 1.46. The molecule has 0 atom stereocenters. The SMILES string of the molecule is CCNS(=O)(=O)CCNC(=O)c1cc(F)cc(N)c1F. The van der Waals surface area contributed by atoms with Crippen LogP contribution in [0.25, 0.3) is 0 Å². The van der Waals surface area contributed by atoms with Crippen molar-refractivity contribution >= 4 is 21.6 Å². The molecule has 1 amide bonds. The molecule has 1 aromatic carbocycles. The van der Waals surface area contributed by atoms with Gasteiger partial charge < -0.3 is 11.1 Å². The highest BCUT2D eigenvalue weighted by molar-refractivity contribution is 7.89. The first-order valence-electron chi connectivity index (χ1n) is 5.77. The summed E-state index contributed by atoms with van der Waals surface area (Å²) in [5.41, 5.74) is 4.14. The van der Waals surface area contributed by atoms with E-state index in [0.29, 0.717) is 6.07 Å². The summed E-state index contributed by atoms with van der Waals surface area (Å²) in [6, 6.07) is 1.45. The molecule has 9 heteroatoms. The fourth-order valence-corrected chi connectivity index (χ4v) is 2.42. The van der Waals surface area contributed by atoms with Crippen LogP contribution in [-0.4, -0.2) is 33.2 Å². The number of nitrogens with two attached hydrogens (primary N) is 1. The molecule has 0 saturated carbocycles. The van der Waals surface area contributed by atoms with Gasteiger partial charge in [-0.15, -0.1) is 0 Å². The van der Waals surface area contributed by atoms with Gasteiger partial charge in [0.15, 0.2) is 5.82 Å². The van der Waals surface area contributed by atoms with Crippen molar-refractivity contribution < 1.29 is 22.0 Å². The minimum Gasteiger partial charge on any atom is -0.396 e. The summed E-state index contributed by atoms with van der Waals surface area (Å²) in [5, 5.41) is 2.19. The first-order chi connectivity index (χ1) is 9.26. The van der Waals surface area contributed by atoms with E-state index in [9.17, 15) is 22.0 Å². The molecule has 0 heterocycles. The van der Waals surface area contributed by atoms with Crippen LogP contribution in [0.15, 0.2) is 12.1 Å². The zero-order chi connectivity index (χ0) is 15.3. The third-order valence-corrected chi connectivity index (χ3v) is 3.80. The molecular formula is C11H15F2N3O3S. The number of sulfonamides is 1. The van der Waals surface area contributed by atoms with Crippen molar-refractivity contribution in [1.82, 2.24) is 10.0 Å². The Kier molecular flexibility index (Phi) is 5.40. The average Bonchev–Trinajstić information content (AvgIpc) is 2.33. The minimum atomic E-state index is -3.49. The third-order valence-electron chi connectivity index (χ3n) is 2.33. The van der Waals surface area contributed by atoms with Crippen molar-refractivity contribution in [1.29, 1.82) is 0 Å². The Hall–Kier alpha value is -1.74. The van der Waals surface area contributed by atoms with Gasteiger partial charge in [-0.1, -0.05) is 6.92 Å². The maximum atomic E-state index is 13.5. The van der Waals surface area contributed by atoms with Crippen molar-refractivity contribution in [3.05, 3.63) is 29.3 Å². The van der Waals surface area contributed by atoms with E-state index < -0.39 is 38.8 Å². The van der Waals surface area contributed by atoms with Crippen LogP contribution in [0.5, 0.6) is 0 Å². The number of amides is 1. The van der Waals surface area contributed by atoms with E-state index in [1.54, 1.807) is 6.92 Å². The smallest absolute Gasteiger partial charge is 0.254 e. The van der Waals surface area contributed by atoms with Gasteiger partial charge in [-0.05, 0) is 12.1 Å². The largest absolute Gasteiger partial charge is 0.396 e. The summed E-state index contributed by atoms with van der Waals surface area (Å²) in [6.45, 7) is 1.61. The Morgan fingerprint density at radius 3 is 2.60 bits per heavy atom. The summed E-state index contributed by atoms with van der Waals surface area (Å²) in [4.78, 5) is 11.6. The van der Waals surface area contributed by atoms with Gasteiger partial charge in [-0.3, -0.25) is 4.79 Å². The average molecular weight is 307 g/mol. The first-order valence-corrected chi connectivity index (χ1v) is 7.42. The maximum Gasteiger partial charge on any atom is 0.254 e. The molecule has 1 rings (SSSR count).